The van der Waals surface area contributed by atoms with E-state index in [2.05, 4.69) is 10.2 Å². The maximum absolute atomic E-state index is 5.50. The minimum absolute atomic E-state index is 0.290. The average Bonchev–Trinajstić information content (AvgIpc) is 2.01. The summed E-state index contributed by atoms with van der Waals surface area (Å²) in [6, 6.07) is 1.68. The van der Waals surface area contributed by atoms with E-state index < -0.39 is 0 Å². The molecule has 0 aliphatic heterocycles. The highest BCUT2D eigenvalue weighted by molar-refractivity contribution is 7.80. The summed E-state index contributed by atoms with van der Waals surface area (Å²) in [4.78, 5) is 0.290. The molecule has 0 aliphatic rings. The van der Waals surface area contributed by atoms with E-state index in [1.165, 1.54) is 6.20 Å². The molecule has 1 aromatic heterocycles. The van der Waals surface area contributed by atoms with E-state index in [1.54, 1.807) is 6.07 Å². The molecule has 0 fully saturated rings. The molecule has 2 N–H and O–H groups in total. The minimum Gasteiger partial charge on any atom is -0.471 e. The van der Waals surface area contributed by atoms with Crippen molar-refractivity contribution in [2.75, 3.05) is 0 Å². The van der Waals surface area contributed by atoms with Gasteiger partial charge in [-0.15, -0.1) is 5.10 Å². The molecule has 1 rings (SSSR count). The number of ether oxygens (including phenoxy) is 1. The zero-order valence-corrected chi connectivity index (χ0v) is 9.26. The first-order chi connectivity index (χ1) is 6.38. The summed E-state index contributed by atoms with van der Waals surface area (Å²) in [5.41, 5.74) is 5.81. The van der Waals surface area contributed by atoms with E-state index >= 15 is 0 Å². The molecule has 0 spiro atoms. The van der Waals surface area contributed by atoms with Gasteiger partial charge in [-0.1, -0.05) is 12.2 Å². The van der Waals surface area contributed by atoms with E-state index in [9.17, 15) is 0 Å². The normalized spacial score (nSPS) is 11.1. The van der Waals surface area contributed by atoms with Crippen LogP contribution in [0.3, 0.4) is 0 Å². The highest BCUT2D eigenvalue weighted by Crippen LogP contribution is 2.15. The zero-order valence-electron chi connectivity index (χ0n) is 8.44. The Hall–Kier alpha value is -1.23. The van der Waals surface area contributed by atoms with E-state index in [1.807, 2.05) is 20.8 Å². The predicted octanol–water partition coefficient (Wildman–Crippen LogP) is 1.29. The Morgan fingerprint density at radius 1 is 1.50 bits per heavy atom. The Morgan fingerprint density at radius 3 is 2.64 bits per heavy atom. The molecule has 1 heterocycles. The van der Waals surface area contributed by atoms with Crippen LogP contribution in [0, 0.1) is 0 Å². The van der Waals surface area contributed by atoms with E-state index in [0.29, 0.717) is 16.4 Å². The molecular formula is C9H13N3OS. The second-order valence-corrected chi connectivity index (χ2v) is 4.30. The van der Waals surface area contributed by atoms with E-state index in [0.717, 1.165) is 0 Å². The molecule has 0 aliphatic carbocycles. The second kappa shape index (κ2) is 3.88. The second-order valence-electron chi connectivity index (χ2n) is 3.86. The molecule has 0 unspecified atom stereocenters. The quantitative estimate of drug-likeness (QED) is 0.747. The molecule has 14 heavy (non-hydrogen) atoms. The van der Waals surface area contributed by atoms with Crippen LogP contribution in [-0.2, 0) is 0 Å². The van der Waals surface area contributed by atoms with Gasteiger partial charge in [0.2, 0.25) is 5.88 Å². The summed E-state index contributed by atoms with van der Waals surface area (Å²) in [6.45, 7) is 5.80. The number of thiocarbonyl (C=S) groups is 1. The Bertz CT molecular complexity index is 346. The number of hydrogen-bond acceptors (Lipinski definition) is 4. The lowest BCUT2D eigenvalue weighted by Gasteiger charge is -2.19. The molecule has 0 bridgehead atoms. The molecule has 0 saturated heterocycles. The molecule has 1 aromatic rings. The van der Waals surface area contributed by atoms with Gasteiger partial charge in [-0.05, 0) is 20.8 Å². The Balaban J connectivity index is 2.89. The van der Waals surface area contributed by atoms with Gasteiger partial charge in [0.25, 0.3) is 0 Å². The standard InChI is InChI=1S/C9H13N3OS/c1-9(2,3)13-7-4-6(8(10)14)5-11-12-7/h4-5H,1-3H3,(H2,10,14). The molecule has 4 nitrogen and oxygen atoms in total. The third-order valence-corrected chi connectivity index (χ3v) is 1.56. The van der Waals surface area contributed by atoms with Crippen molar-refractivity contribution in [1.29, 1.82) is 0 Å². The van der Waals surface area contributed by atoms with Crippen molar-refractivity contribution in [3.05, 3.63) is 17.8 Å². The van der Waals surface area contributed by atoms with Crippen LogP contribution in [0.1, 0.15) is 26.3 Å². The van der Waals surface area contributed by atoms with E-state index in [-0.39, 0.29) is 5.60 Å². The van der Waals surface area contributed by atoms with E-state index in [4.69, 9.17) is 22.7 Å². The topological polar surface area (TPSA) is 61.0 Å². The molecule has 0 radical (unpaired) electrons. The highest BCUT2D eigenvalue weighted by atomic mass is 32.1. The Morgan fingerprint density at radius 2 is 2.14 bits per heavy atom. The summed E-state index contributed by atoms with van der Waals surface area (Å²) in [6.07, 6.45) is 1.51. The fourth-order valence-electron chi connectivity index (χ4n) is 0.845. The fraction of sp³-hybridized carbons (Fsp3) is 0.444. The molecule has 0 saturated carbocycles. The smallest absolute Gasteiger partial charge is 0.234 e. The first kappa shape index (κ1) is 10.8. The van der Waals surface area contributed by atoms with Crippen molar-refractivity contribution in [3.8, 4) is 5.88 Å². The van der Waals surface area contributed by atoms with Crippen LogP contribution in [0.15, 0.2) is 12.3 Å². The number of aromatic nitrogens is 2. The largest absolute Gasteiger partial charge is 0.471 e. The Kier molecular flexibility index (Phi) is 3.00. The predicted molar refractivity (Wildman–Crippen MR) is 58.3 cm³/mol. The molecule has 0 atom stereocenters. The third kappa shape index (κ3) is 3.26. The number of nitrogens with zero attached hydrogens (tertiary/aromatic N) is 2. The monoisotopic (exact) mass is 211 g/mol. The van der Waals surface area contributed by atoms with Crippen LogP contribution < -0.4 is 10.5 Å². The van der Waals surface area contributed by atoms with Gasteiger partial charge < -0.3 is 10.5 Å². The SMILES string of the molecule is CC(C)(C)Oc1cc(C(N)=S)cnn1. The van der Waals surface area contributed by atoms with Crippen molar-refractivity contribution >= 4 is 17.2 Å². The maximum Gasteiger partial charge on any atom is 0.234 e. The van der Waals surface area contributed by atoms with Gasteiger partial charge in [0, 0.05) is 11.6 Å². The summed E-state index contributed by atoms with van der Waals surface area (Å²) < 4.78 is 5.50. The molecule has 5 heteroatoms. The van der Waals surface area contributed by atoms with Crippen LogP contribution in [-0.4, -0.2) is 20.8 Å². The van der Waals surface area contributed by atoms with Crippen LogP contribution in [0.5, 0.6) is 5.88 Å². The number of rotatable bonds is 2. The first-order valence-corrected chi connectivity index (χ1v) is 4.61. The average molecular weight is 211 g/mol. The summed E-state index contributed by atoms with van der Waals surface area (Å²) in [7, 11) is 0. The minimum atomic E-state index is -0.302. The Labute approximate surface area is 88.5 Å². The lowest BCUT2D eigenvalue weighted by atomic mass is 10.2. The lowest BCUT2D eigenvalue weighted by Crippen LogP contribution is -2.24. The van der Waals surface area contributed by atoms with Crippen molar-refractivity contribution in [2.24, 2.45) is 5.73 Å². The van der Waals surface area contributed by atoms with Crippen molar-refractivity contribution < 1.29 is 4.74 Å². The molecule has 76 valence electrons. The summed E-state index contributed by atoms with van der Waals surface area (Å²) in [5, 5.41) is 7.57. The molecular weight excluding hydrogens is 198 g/mol. The van der Waals surface area contributed by atoms with Gasteiger partial charge in [-0.25, -0.2) is 0 Å². The first-order valence-electron chi connectivity index (χ1n) is 4.20. The fourth-order valence-corrected chi connectivity index (χ4v) is 0.957. The summed E-state index contributed by atoms with van der Waals surface area (Å²) in [5.74, 6) is 0.433. The van der Waals surface area contributed by atoms with Crippen molar-refractivity contribution in [1.82, 2.24) is 10.2 Å². The van der Waals surface area contributed by atoms with Gasteiger partial charge in [0.15, 0.2) is 0 Å². The van der Waals surface area contributed by atoms with Gasteiger partial charge in [0.1, 0.15) is 10.6 Å². The van der Waals surface area contributed by atoms with Crippen molar-refractivity contribution in [2.45, 2.75) is 26.4 Å². The van der Waals surface area contributed by atoms with Crippen LogP contribution in [0.2, 0.25) is 0 Å². The van der Waals surface area contributed by atoms with Gasteiger partial charge >= 0.3 is 0 Å². The summed E-state index contributed by atoms with van der Waals surface area (Å²) >= 11 is 4.82. The van der Waals surface area contributed by atoms with Gasteiger partial charge in [0.05, 0.1) is 6.20 Å². The number of nitrogens with two attached hydrogens (primary N) is 1. The molecule has 0 amide bonds. The van der Waals surface area contributed by atoms with Gasteiger partial charge in [-0.2, -0.15) is 5.10 Å². The third-order valence-electron chi connectivity index (χ3n) is 1.33. The van der Waals surface area contributed by atoms with Gasteiger partial charge in [-0.3, -0.25) is 0 Å². The van der Waals surface area contributed by atoms with Crippen LogP contribution in [0.4, 0.5) is 0 Å². The van der Waals surface area contributed by atoms with Crippen LogP contribution in [0.25, 0.3) is 0 Å². The maximum atomic E-state index is 5.50. The number of hydrogen-bond donors (Lipinski definition) is 1. The zero-order chi connectivity index (χ0) is 10.8. The van der Waals surface area contributed by atoms with Crippen LogP contribution >= 0.6 is 12.2 Å². The highest BCUT2D eigenvalue weighted by Gasteiger charge is 2.13. The molecule has 0 aromatic carbocycles. The van der Waals surface area contributed by atoms with Crippen molar-refractivity contribution in [3.63, 3.8) is 0 Å². The lowest BCUT2D eigenvalue weighted by molar-refractivity contribution is 0.122.